The molecule has 0 bridgehead atoms. The molecule has 8 nitrogen and oxygen atoms in total. The van der Waals surface area contributed by atoms with Crippen LogP contribution in [0.3, 0.4) is 0 Å². The Morgan fingerprint density at radius 1 is 1.26 bits per heavy atom. The molecule has 2 heterocycles. The number of hydrazine groups is 1. The average molecular weight is 541 g/mol. The first-order valence-electron chi connectivity index (χ1n) is 14.2. The Bertz CT molecular complexity index is 1160. The van der Waals surface area contributed by atoms with Gasteiger partial charge in [0.25, 0.3) is 0 Å². The number of amides is 1. The lowest BCUT2D eigenvalue weighted by Crippen LogP contribution is -2.49. The number of carbonyl (C=O) groups is 1. The second kappa shape index (κ2) is 11.8. The van der Waals surface area contributed by atoms with Crippen molar-refractivity contribution in [3.63, 3.8) is 0 Å². The molecule has 5 rings (SSSR count). The zero-order valence-corrected chi connectivity index (χ0v) is 23.1. The van der Waals surface area contributed by atoms with Crippen molar-refractivity contribution in [3.8, 4) is 11.6 Å². The van der Waals surface area contributed by atoms with E-state index in [4.69, 9.17) is 9.47 Å². The monoisotopic (exact) mass is 540 g/mol. The van der Waals surface area contributed by atoms with Gasteiger partial charge in [-0.25, -0.2) is 14.8 Å². The van der Waals surface area contributed by atoms with Crippen LogP contribution in [0.1, 0.15) is 76.0 Å². The topological polar surface area (TPSA) is 105 Å². The summed E-state index contributed by atoms with van der Waals surface area (Å²) in [6.45, 7) is 3.96. The molecular formula is C30H41FN4O4. The minimum absolute atomic E-state index is 0.0455. The molecule has 1 aliphatic heterocycles. The van der Waals surface area contributed by atoms with Crippen LogP contribution in [0.4, 0.5) is 4.39 Å². The first kappa shape index (κ1) is 27.8. The number of aliphatic hydroxyl groups is 1. The summed E-state index contributed by atoms with van der Waals surface area (Å²) in [5.41, 5.74) is 7.28. The molecule has 1 saturated heterocycles. The van der Waals surface area contributed by atoms with Crippen molar-refractivity contribution in [2.75, 3.05) is 7.11 Å². The third kappa shape index (κ3) is 6.36. The summed E-state index contributed by atoms with van der Waals surface area (Å²) in [7, 11) is 1.51. The maximum absolute atomic E-state index is 14.6. The van der Waals surface area contributed by atoms with Crippen LogP contribution in [-0.2, 0) is 11.2 Å². The molecule has 2 aromatic rings. The highest BCUT2D eigenvalue weighted by atomic mass is 19.1. The normalized spacial score (nSPS) is 30.6. The second-order valence-corrected chi connectivity index (χ2v) is 11.8. The maximum Gasteiger partial charge on any atom is 0.223 e. The smallest absolute Gasteiger partial charge is 0.223 e. The zero-order chi connectivity index (χ0) is 27.6. The largest absolute Gasteiger partial charge is 0.496 e. The highest BCUT2D eigenvalue weighted by molar-refractivity contribution is 5.79. The van der Waals surface area contributed by atoms with Crippen LogP contribution >= 0.6 is 0 Å². The number of hydrogen-bond acceptors (Lipinski definition) is 7. The molecule has 39 heavy (non-hydrogen) atoms. The molecule has 4 unspecified atom stereocenters. The molecule has 3 aliphatic rings. The Hall–Kier alpha value is -2.75. The maximum atomic E-state index is 14.6. The molecule has 1 amide bonds. The van der Waals surface area contributed by atoms with Gasteiger partial charge < -0.3 is 19.9 Å². The van der Waals surface area contributed by atoms with Crippen molar-refractivity contribution < 1.29 is 23.8 Å². The minimum atomic E-state index is -1.09. The standard InChI is InChI=1S/C30H41FN4O4/c1-18(2)39-27-15-19(11-13-32-27)28-22-14-20(9-10-25(22)34-35-28)29(36)33-21-6-5-12-30(37,16-21)17-23-24(31)7-4-8-26(23)38-3/h4,7-8,11,13,15,18,20-22,25,28,34-35,37H,5-6,9-10,12,14,16-17H2,1-3H3,(H,33,36)/t20?,21-,22?,25?,28?,30-/m1/s1. The van der Waals surface area contributed by atoms with E-state index in [1.807, 2.05) is 26.0 Å². The van der Waals surface area contributed by atoms with E-state index in [1.165, 1.54) is 13.2 Å². The number of nitrogens with one attached hydrogen (secondary N) is 3. The second-order valence-electron chi connectivity index (χ2n) is 11.8. The SMILES string of the molecule is COc1cccc(F)c1C[C@@]1(O)CCC[C@@H](NC(=O)C2CCC3NNC(c4ccnc(OC(C)C)c4)C3C2)C1. The number of benzene rings is 1. The summed E-state index contributed by atoms with van der Waals surface area (Å²) in [6.07, 6.45) is 7.02. The van der Waals surface area contributed by atoms with Gasteiger partial charge in [0.1, 0.15) is 11.6 Å². The number of aromatic nitrogens is 1. The summed E-state index contributed by atoms with van der Waals surface area (Å²) in [5.74, 6) is 0.893. The number of halogens is 1. The minimum Gasteiger partial charge on any atom is -0.496 e. The van der Waals surface area contributed by atoms with Crippen LogP contribution in [0.2, 0.25) is 0 Å². The fourth-order valence-corrected chi connectivity index (χ4v) is 6.72. The predicted octanol–water partition coefficient (Wildman–Crippen LogP) is 3.98. The van der Waals surface area contributed by atoms with E-state index in [2.05, 4.69) is 21.2 Å². The van der Waals surface area contributed by atoms with E-state index >= 15 is 0 Å². The highest BCUT2D eigenvalue weighted by Crippen LogP contribution is 2.41. The van der Waals surface area contributed by atoms with Crippen molar-refractivity contribution in [3.05, 3.63) is 53.5 Å². The average Bonchev–Trinajstić information content (AvgIpc) is 3.33. The zero-order valence-electron chi connectivity index (χ0n) is 23.1. The van der Waals surface area contributed by atoms with Crippen LogP contribution in [0, 0.1) is 17.7 Å². The predicted molar refractivity (Wildman–Crippen MR) is 146 cm³/mol. The van der Waals surface area contributed by atoms with Gasteiger partial charge in [0.15, 0.2) is 0 Å². The Kier molecular flexibility index (Phi) is 8.40. The van der Waals surface area contributed by atoms with Gasteiger partial charge in [0.05, 0.1) is 24.9 Å². The summed E-state index contributed by atoms with van der Waals surface area (Å²) in [5, 5.41) is 14.7. The van der Waals surface area contributed by atoms with Gasteiger partial charge in [-0.05, 0) is 88.5 Å². The molecule has 9 heteroatoms. The quantitative estimate of drug-likeness (QED) is 0.402. The van der Waals surface area contributed by atoms with Gasteiger partial charge in [-0.3, -0.25) is 10.2 Å². The van der Waals surface area contributed by atoms with E-state index < -0.39 is 5.60 Å². The summed E-state index contributed by atoms with van der Waals surface area (Å²) in [6, 6.07) is 8.93. The molecule has 212 valence electrons. The third-order valence-corrected chi connectivity index (χ3v) is 8.57. The number of rotatable bonds is 8. The highest BCUT2D eigenvalue weighted by Gasteiger charge is 2.44. The van der Waals surface area contributed by atoms with E-state index in [9.17, 15) is 14.3 Å². The molecule has 0 radical (unpaired) electrons. The van der Waals surface area contributed by atoms with E-state index in [0.29, 0.717) is 36.1 Å². The first-order valence-corrected chi connectivity index (χ1v) is 14.2. The molecule has 1 aromatic heterocycles. The lowest BCUT2D eigenvalue weighted by molar-refractivity contribution is -0.128. The molecule has 2 saturated carbocycles. The Morgan fingerprint density at radius 3 is 2.90 bits per heavy atom. The van der Waals surface area contributed by atoms with Gasteiger partial charge in [0.2, 0.25) is 11.8 Å². The van der Waals surface area contributed by atoms with Gasteiger partial charge in [-0.2, -0.15) is 0 Å². The molecule has 2 aliphatic carbocycles. The summed E-state index contributed by atoms with van der Waals surface area (Å²) < 4.78 is 25.7. The van der Waals surface area contributed by atoms with Crippen LogP contribution < -0.4 is 25.6 Å². The van der Waals surface area contributed by atoms with Crippen molar-refractivity contribution >= 4 is 5.91 Å². The Labute approximate surface area is 230 Å². The summed E-state index contributed by atoms with van der Waals surface area (Å²) >= 11 is 0. The van der Waals surface area contributed by atoms with Crippen LogP contribution in [0.25, 0.3) is 0 Å². The van der Waals surface area contributed by atoms with Crippen molar-refractivity contribution in [2.45, 2.75) is 95.0 Å². The Balaban J connectivity index is 1.21. The van der Waals surface area contributed by atoms with Crippen molar-refractivity contribution in [1.82, 2.24) is 21.2 Å². The van der Waals surface area contributed by atoms with Crippen LogP contribution in [0.15, 0.2) is 36.5 Å². The molecule has 1 aromatic carbocycles. The number of pyridine rings is 1. The number of hydrogen-bond donors (Lipinski definition) is 4. The van der Waals surface area contributed by atoms with Crippen molar-refractivity contribution in [1.29, 1.82) is 0 Å². The molecule has 0 spiro atoms. The van der Waals surface area contributed by atoms with Gasteiger partial charge in [-0.15, -0.1) is 0 Å². The third-order valence-electron chi connectivity index (χ3n) is 8.57. The molecule has 3 fully saturated rings. The van der Waals surface area contributed by atoms with Gasteiger partial charge >= 0.3 is 0 Å². The van der Waals surface area contributed by atoms with Gasteiger partial charge in [-0.1, -0.05) is 6.07 Å². The van der Waals surface area contributed by atoms with Crippen LogP contribution in [-0.4, -0.2) is 46.9 Å². The fourth-order valence-electron chi connectivity index (χ4n) is 6.72. The van der Waals surface area contributed by atoms with Crippen LogP contribution in [0.5, 0.6) is 11.6 Å². The number of fused-ring (bicyclic) bond motifs is 1. The van der Waals surface area contributed by atoms with E-state index in [1.54, 1.807) is 18.3 Å². The van der Waals surface area contributed by atoms with Gasteiger partial charge in [0, 0.05) is 42.2 Å². The fraction of sp³-hybridized carbons (Fsp3) is 0.600. The molecular weight excluding hydrogens is 499 g/mol. The first-order chi connectivity index (χ1) is 18.7. The number of methoxy groups -OCH3 is 1. The van der Waals surface area contributed by atoms with E-state index in [0.717, 1.165) is 37.7 Å². The number of nitrogens with zero attached hydrogens (tertiary/aromatic N) is 1. The molecule has 6 atom stereocenters. The Morgan fingerprint density at radius 2 is 2.10 bits per heavy atom. The summed E-state index contributed by atoms with van der Waals surface area (Å²) in [4.78, 5) is 17.8. The number of ether oxygens (including phenoxy) is 2. The van der Waals surface area contributed by atoms with Crippen molar-refractivity contribution in [2.24, 2.45) is 11.8 Å². The molecule has 4 N–H and O–H groups in total. The lowest BCUT2D eigenvalue weighted by Gasteiger charge is -2.39. The van der Waals surface area contributed by atoms with E-state index in [-0.39, 0.29) is 48.2 Å². The lowest BCUT2D eigenvalue weighted by atomic mass is 9.74. The number of carbonyl (C=O) groups excluding carboxylic acids is 1.